The van der Waals surface area contributed by atoms with E-state index in [4.69, 9.17) is 5.11 Å². The van der Waals surface area contributed by atoms with Gasteiger partial charge in [0.1, 0.15) is 35.1 Å². The van der Waals surface area contributed by atoms with Crippen molar-refractivity contribution in [2.24, 2.45) is 0 Å². The molecule has 11 heteroatoms. The van der Waals surface area contributed by atoms with Gasteiger partial charge in [-0.1, -0.05) is 12.2 Å². The first kappa shape index (κ1) is 29.2. The second kappa shape index (κ2) is 14.5. The predicted octanol–water partition coefficient (Wildman–Crippen LogP) is -3.22. The highest BCUT2D eigenvalue weighted by molar-refractivity contribution is 5.74. The Labute approximate surface area is 202 Å². The summed E-state index contributed by atoms with van der Waals surface area (Å²) in [6.07, 6.45) is 6.83. The lowest BCUT2D eigenvalue weighted by atomic mass is 10.1. The van der Waals surface area contributed by atoms with Gasteiger partial charge in [0.2, 0.25) is 0 Å². The summed E-state index contributed by atoms with van der Waals surface area (Å²) in [7, 11) is 0. The topological polar surface area (TPSA) is 226 Å². The molecular formula is C24H32N2O9. The predicted molar refractivity (Wildman–Crippen MR) is 122 cm³/mol. The Morgan fingerprint density at radius 1 is 0.771 bits per heavy atom. The fourth-order valence-electron chi connectivity index (χ4n) is 3.55. The number of aromatic hydroxyl groups is 4. The Bertz CT molecular complexity index is 952. The SMILES string of the molecule is O.O=C([O-])[C@@H]1CCC[NH2+]1.O=C([O-])[C@@H]1CCC[NH2+]1.Oc1cc(O)cc(/C=C/c2ccc(O)cc2O)c1. The van der Waals surface area contributed by atoms with E-state index in [1.54, 1.807) is 18.2 Å². The number of aliphatic carboxylic acids is 2. The number of benzene rings is 2. The first-order chi connectivity index (χ1) is 16.2. The fraction of sp³-hybridized carbons (Fsp3) is 0.333. The minimum absolute atomic E-state index is 0. The molecule has 0 saturated carbocycles. The molecule has 0 amide bonds. The third-order valence-corrected chi connectivity index (χ3v) is 5.34. The summed E-state index contributed by atoms with van der Waals surface area (Å²) in [6, 6.07) is 7.93. The number of hydrogen-bond donors (Lipinski definition) is 6. The number of phenolic OH excluding ortho intramolecular Hbond substituents is 4. The Balaban J connectivity index is 0.000000299. The van der Waals surface area contributed by atoms with Crippen molar-refractivity contribution >= 4 is 24.1 Å². The Hall–Kier alpha value is -3.80. The van der Waals surface area contributed by atoms with Gasteiger partial charge in [-0.15, -0.1) is 0 Å². The second-order valence-electron chi connectivity index (χ2n) is 8.04. The number of nitrogens with two attached hydrogens (primary N) is 2. The summed E-state index contributed by atoms with van der Waals surface area (Å²) >= 11 is 0. The third-order valence-electron chi connectivity index (χ3n) is 5.34. The molecule has 2 saturated heterocycles. The number of carboxylic acids is 2. The van der Waals surface area contributed by atoms with E-state index in [0.29, 0.717) is 11.1 Å². The van der Waals surface area contributed by atoms with Crippen LogP contribution in [0.15, 0.2) is 36.4 Å². The van der Waals surface area contributed by atoms with E-state index >= 15 is 0 Å². The van der Waals surface area contributed by atoms with Gasteiger partial charge in [0, 0.05) is 43.4 Å². The van der Waals surface area contributed by atoms with Crippen molar-refractivity contribution in [3.05, 3.63) is 47.5 Å². The summed E-state index contributed by atoms with van der Waals surface area (Å²) in [4.78, 5) is 20.1. The van der Waals surface area contributed by atoms with Gasteiger partial charge in [-0.25, -0.2) is 0 Å². The lowest BCUT2D eigenvalue weighted by Gasteiger charge is -2.05. The molecule has 35 heavy (non-hydrogen) atoms. The highest BCUT2D eigenvalue weighted by Gasteiger charge is 2.18. The van der Waals surface area contributed by atoms with E-state index in [1.807, 2.05) is 10.6 Å². The molecule has 0 unspecified atom stereocenters. The highest BCUT2D eigenvalue weighted by Crippen LogP contribution is 2.26. The zero-order chi connectivity index (χ0) is 25.1. The molecule has 192 valence electrons. The summed E-state index contributed by atoms with van der Waals surface area (Å²) in [6.45, 7) is 1.89. The standard InChI is InChI=1S/C14H12O4.2C5H9NO2.H2O/c15-11-4-3-10(14(18)8-11)2-1-9-5-12(16)7-13(17)6-9;2*7-5(8)4-2-1-3-6-4;/h1-8,15-18H;2*4,6H,1-3H2,(H,7,8);1H2/b2-1+;;;/t;2*4-;/m.00./s1. The average Bonchev–Trinajstić information content (AvgIpc) is 3.48. The molecule has 2 aromatic rings. The quantitative estimate of drug-likeness (QED) is 0.237. The molecule has 2 heterocycles. The van der Waals surface area contributed by atoms with Gasteiger partial charge in [0.05, 0.1) is 25.0 Å². The zero-order valence-electron chi connectivity index (χ0n) is 19.1. The molecule has 2 aliphatic heterocycles. The molecule has 2 aromatic carbocycles. The van der Waals surface area contributed by atoms with E-state index in [0.717, 1.165) is 38.8 Å². The molecule has 0 spiro atoms. The average molecular weight is 493 g/mol. The molecular weight excluding hydrogens is 460 g/mol. The lowest BCUT2D eigenvalue weighted by molar-refractivity contribution is -0.664. The molecule has 2 aliphatic rings. The molecule has 11 nitrogen and oxygen atoms in total. The van der Waals surface area contributed by atoms with E-state index in [-0.39, 0.29) is 40.6 Å². The maximum atomic E-state index is 10.1. The van der Waals surface area contributed by atoms with Gasteiger partial charge in [-0.2, -0.15) is 0 Å². The zero-order valence-corrected chi connectivity index (χ0v) is 19.1. The van der Waals surface area contributed by atoms with Crippen LogP contribution in [0.1, 0.15) is 36.8 Å². The van der Waals surface area contributed by atoms with E-state index in [1.165, 1.54) is 30.3 Å². The monoisotopic (exact) mass is 492 g/mol. The van der Waals surface area contributed by atoms with Crippen LogP contribution in [-0.4, -0.2) is 63.0 Å². The molecule has 0 aromatic heterocycles. The number of carboxylic acid groups (broad SMARTS) is 2. The van der Waals surface area contributed by atoms with Crippen LogP contribution in [0.2, 0.25) is 0 Å². The molecule has 2 atom stereocenters. The van der Waals surface area contributed by atoms with Gasteiger partial charge in [-0.3, -0.25) is 0 Å². The normalized spacial score (nSPS) is 18.5. The summed E-state index contributed by atoms with van der Waals surface area (Å²) in [5, 5.41) is 61.1. The maximum Gasteiger partial charge on any atom is 0.126 e. The maximum absolute atomic E-state index is 10.1. The minimum atomic E-state index is -0.914. The molecule has 0 aliphatic carbocycles. The van der Waals surface area contributed by atoms with Crippen LogP contribution in [0.5, 0.6) is 23.0 Å². The van der Waals surface area contributed by atoms with Crippen LogP contribution in [0.3, 0.4) is 0 Å². The number of quaternary nitrogens is 2. The number of phenols is 4. The number of carbonyl (C=O) groups excluding carboxylic acids is 2. The van der Waals surface area contributed by atoms with Crippen LogP contribution < -0.4 is 20.8 Å². The van der Waals surface area contributed by atoms with Gasteiger partial charge in [-0.05, 0) is 29.8 Å². The molecule has 0 bridgehead atoms. The molecule has 0 radical (unpaired) electrons. The fourth-order valence-corrected chi connectivity index (χ4v) is 3.55. The van der Waals surface area contributed by atoms with Crippen LogP contribution in [0.4, 0.5) is 0 Å². The number of hydrogen-bond acceptors (Lipinski definition) is 8. The first-order valence-corrected chi connectivity index (χ1v) is 11.0. The third kappa shape index (κ3) is 10.3. The van der Waals surface area contributed by atoms with Crippen LogP contribution in [0, 0.1) is 0 Å². The Morgan fingerprint density at radius 3 is 1.66 bits per heavy atom. The van der Waals surface area contributed by atoms with Gasteiger partial charge in [0.15, 0.2) is 0 Å². The molecule has 4 rings (SSSR count). The number of carbonyl (C=O) groups is 2. The van der Waals surface area contributed by atoms with E-state index in [2.05, 4.69) is 0 Å². The van der Waals surface area contributed by atoms with Crippen molar-refractivity contribution in [2.75, 3.05) is 13.1 Å². The van der Waals surface area contributed by atoms with Gasteiger partial charge < -0.3 is 56.3 Å². The van der Waals surface area contributed by atoms with Crippen LogP contribution >= 0.6 is 0 Å². The Morgan fingerprint density at radius 2 is 1.29 bits per heavy atom. The van der Waals surface area contributed by atoms with Crippen LogP contribution in [-0.2, 0) is 9.59 Å². The second-order valence-corrected chi connectivity index (χ2v) is 8.04. The van der Waals surface area contributed by atoms with Crippen molar-refractivity contribution in [2.45, 2.75) is 37.8 Å². The number of rotatable bonds is 4. The molecule has 2 fully saturated rings. The summed E-state index contributed by atoms with van der Waals surface area (Å²) in [5.41, 5.74) is 1.12. The lowest BCUT2D eigenvalue weighted by Crippen LogP contribution is -2.89. The van der Waals surface area contributed by atoms with Gasteiger partial charge in [0.25, 0.3) is 0 Å². The first-order valence-electron chi connectivity index (χ1n) is 11.0. The highest BCUT2D eigenvalue weighted by atomic mass is 16.4. The van der Waals surface area contributed by atoms with Gasteiger partial charge >= 0.3 is 0 Å². The summed E-state index contributed by atoms with van der Waals surface area (Å²) in [5.74, 6) is -1.96. The van der Waals surface area contributed by atoms with E-state index in [9.17, 15) is 35.1 Å². The van der Waals surface area contributed by atoms with Crippen molar-refractivity contribution in [1.29, 1.82) is 0 Å². The van der Waals surface area contributed by atoms with Crippen molar-refractivity contribution < 1.29 is 56.3 Å². The smallest absolute Gasteiger partial charge is 0.126 e. The molecule has 10 N–H and O–H groups in total. The largest absolute Gasteiger partial charge is 0.544 e. The van der Waals surface area contributed by atoms with Crippen LogP contribution in [0.25, 0.3) is 12.2 Å². The Kier molecular flexibility index (Phi) is 12.1. The van der Waals surface area contributed by atoms with Crippen molar-refractivity contribution in [3.8, 4) is 23.0 Å². The minimum Gasteiger partial charge on any atom is -0.544 e. The van der Waals surface area contributed by atoms with Crippen molar-refractivity contribution in [3.63, 3.8) is 0 Å². The summed E-state index contributed by atoms with van der Waals surface area (Å²) < 4.78 is 0. The van der Waals surface area contributed by atoms with Crippen molar-refractivity contribution in [1.82, 2.24) is 0 Å². The van der Waals surface area contributed by atoms with E-state index < -0.39 is 11.9 Å².